The lowest BCUT2D eigenvalue weighted by atomic mass is 9.55. The van der Waals surface area contributed by atoms with Crippen LogP contribution in [0.1, 0.15) is 32.3 Å². The molecule has 0 bridgehead atoms. The van der Waals surface area contributed by atoms with Gasteiger partial charge in [0.15, 0.2) is 0 Å². The first-order chi connectivity index (χ1) is 9.00. The summed E-state index contributed by atoms with van der Waals surface area (Å²) in [6.07, 6.45) is 2.84. The van der Waals surface area contributed by atoms with Gasteiger partial charge in [-0.2, -0.15) is 0 Å². The molecule has 1 aromatic carbocycles. The zero-order chi connectivity index (χ0) is 13.6. The quantitative estimate of drug-likeness (QED) is 0.873. The summed E-state index contributed by atoms with van der Waals surface area (Å²) in [6.45, 7) is 7.56. The second-order valence-corrected chi connectivity index (χ2v) is 6.93. The standard InChI is InChI=1S/C16H22ClNO/c1-10-6-7-13(12(17)9-10)18-14-11-5-4-8-19-15(11)16(14,2)3/h6-7,9,11,14-15,18H,4-5,8H2,1-3H3. The number of hydrogen-bond donors (Lipinski definition) is 1. The van der Waals surface area contributed by atoms with Gasteiger partial charge < -0.3 is 10.1 Å². The van der Waals surface area contributed by atoms with E-state index in [1.807, 2.05) is 6.07 Å². The van der Waals surface area contributed by atoms with Crippen LogP contribution in [0, 0.1) is 18.3 Å². The number of aryl methyl sites for hydroxylation is 1. The van der Waals surface area contributed by atoms with Crippen molar-refractivity contribution in [3.8, 4) is 0 Å². The summed E-state index contributed by atoms with van der Waals surface area (Å²) < 4.78 is 5.94. The van der Waals surface area contributed by atoms with E-state index in [2.05, 4.69) is 38.2 Å². The summed E-state index contributed by atoms with van der Waals surface area (Å²) in [6, 6.07) is 6.67. The number of anilines is 1. The van der Waals surface area contributed by atoms with E-state index in [0.29, 0.717) is 18.1 Å². The number of halogens is 1. The van der Waals surface area contributed by atoms with Crippen LogP contribution in [0.2, 0.25) is 5.02 Å². The summed E-state index contributed by atoms with van der Waals surface area (Å²) in [4.78, 5) is 0. The lowest BCUT2D eigenvalue weighted by Gasteiger charge is -2.60. The van der Waals surface area contributed by atoms with Crippen LogP contribution in [0.3, 0.4) is 0 Å². The van der Waals surface area contributed by atoms with Gasteiger partial charge in [0.25, 0.3) is 0 Å². The van der Waals surface area contributed by atoms with Gasteiger partial charge in [-0.3, -0.25) is 0 Å². The van der Waals surface area contributed by atoms with Crippen molar-refractivity contribution in [3.05, 3.63) is 28.8 Å². The van der Waals surface area contributed by atoms with Gasteiger partial charge in [-0.1, -0.05) is 31.5 Å². The average Bonchev–Trinajstić information content (AvgIpc) is 2.37. The third kappa shape index (κ3) is 2.15. The highest BCUT2D eigenvalue weighted by Crippen LogP contribution is 2.52. The summed E-state index contributed by atoms with van der Waals surface area (Å²) in [5.41, 5.74) is 2.43. The predicted octanol–water partition coefficient (Wildman–Crippen LogP) is 4.26. The summed E-state index contributed by atoms with van der Waals surface area (Å²) in [5, 5.41) is 4.47. The van der Waals surface area contributed by atoms with Crippen LogP contribution >= 0.6 is 11.6 Å². The molecular formula is C16H22ClNO. The van der Waals surface area contributed by atoms with E-state index in [4.69, 9.17) is 16.3 Å². The molecule has 3 rings (SSSR count). The summed E-state index contributed by atoms with van der Waals surface area (Å²) >= 11 is 6.33. The van der Waals surface area contributed by atoms with Crippen LogP contribution in [-0.2, 0) is 4.74 Å². The smallest absolute Gasteiger partial charge is 0.0693 e. The molecule has 2 fully saturated rings. The van der Waals surface area contributed by atoms with E-state index >= 15 is 0 Å². The molecule has 1 saturated carbocycles. The predicted molar refractivity (Wildman–Crippen MR) is 79.8 cm³/mol. The minimum absolute atomic E-state index is 0.180. The Kier molecular flexibility index (Phi) is 3.26. The normalized spacial score (nSPS) is 32.3. The molecule has 3 atom stereocenters. The number of nitrogens with one attached hydrogen (secondary N) is 1. The maximum Gasteiger partial charge on any atom is 0.0693 e. The Morgan fingerprint density at radius 3 is 2.89 bits per heavy atom. The Labute approximate surface area is 120 Å². The van der Waals surface area contributed by atoms with Crippen molar-refractivity contribution in [1.29, 1.82) is 0 Å². The van der Waals surface area contributed by atoms with Crippen LogP contribution in [0.15, 0.2) is 18.2 Å². The minimum Gasteiger partial charge on any atom is -0.380 e. The first-order valence-electron chi connectivity index (χ1n) is 7.14. The van der Waals surface area contributed by atoms with Crippen LogP contribution in [0.4, 0.5) is 5.69 Å². The number of fused-ring (bicyclic) bond motifs is 1. The molecule has 2 aliphatic rings. The second kappa shape index (κ2) is 4.68. The van der Waals surface area contributed by atoms with E-state index in [0.717, 1.165) is 17.3 Å². The van der Waals surface area contributed by atoms with Gasteiger partial charge in [-0.05, 0) is 37.5 Å². The van der Waals surface area contributed by atoms with E-state index in [9.17, 15) is 0 Å². The molecule has 3 heteroatoms. The molecule has 0 aromatic heterocycles. The Bertz CT molecular complexity index is 486. The van der Waals surface area contributed by atoms with Gasteiger partial charge >= 0.3 is 0 Å². The lowest BCUT2D eigenvalue weighted by molar-refractivity contribution is -0.177. The van der Waals surface area contributed by atoms with Crippen molar-refractivity contribution < 1.29 is 4.74 Å². The maximum absolute atomic E-state index is 6.33. The molecule has 104 valence electrons. The minimum atomic E-state index is 0.180. The number of ether oxygens (including phenoxy) is 1. The fraction of sp³-hybridized carbons (Fsp3) is 0.625. The van der Waals surface area contributed by atoms with Crippen LogP contribution in [0.25, 0.3) is 0 Å². The van der Waals surface area contributed by atoms with E-state index in [1.54, 1.807) is 0 Å². The van der Waals surface area contributed by atoms with Gasteiger partial charge in [0, 0.05) is 24.0 Å². The number of rotatable bonds is 2. The van der Waals surface area contributed by atoms with Crippen molar-refractivity contribution in [2.45, 2.75) is 45.8 Å². The summed E-state index contributed by atoms with van der Waals surface area (Å²) in [7, 11) is 0. The van der Waals surface area contributed by atoms with Gasteiger partial charge in [0.1, 0.15) is 0 Å². The van der Waals surface area contributed by atoms with Gasteiger partial charge in [0.05, 0.1) is 16.8 Å². The second-order valence-electron chi connectivity index (χ2n) is 6.52. The Hall–Kier alpha value is -0.730. The molecular weight excluding hydrogens is 258 g/mol. The molecule has 3 unspecified atom stereocenters. The highest BCUT2D eigenvalue weighted by molar-refractivity contribution is 6.33. The highest BCUT2D eigenvalue weighted by Gasteiger charge is 2.57. The van der Waals surface area contributed by atoms with Crippen molar-refractivity contribution in [2.24, 2.45) is 11.3 Å². The van der Waals surface area contributed by atoms with Gasteiger partial charge in [-0.25, -0.2) is 0 Å². The largest absolute Gasteiger partial charge is 0.380 e. The lowest BCUT2D eigenvalue weighted by Crippen LogP contribution is -2.67. The topological polar surface area (TPSA) is 21.3 Å². The average molecular weight is 280 g/mol. The molecule has 19 heavy (non-hydrogen) atoms. The van der Waals surface area contributed by atoms with Crippen molar-refractivity contribution in [1.82, 2.24) is 0 Å². The molecule has 2 nitrogen and oxygen atoms in total. The van der Waals surface area contributed by atoms with Gasteiger partial charge in [-0.15, -0.1) is 0 Å². The zero-order valence-electron chi connectivity index (χ0n) is 11.9. The van der Waals surface area contributed by atoms with E-state index in [1.165, 1.54) is 18.4 Å². The zero-order valence-corrected chi connectivity index (χ0v) is 12.6. The molecule has 0 amide bonds. The SMILES string of the molecule is Cc1ccc(NC2C3CCCOC3C2(C)C)c(Cl)c1. The first kappa shape index (κ1) is 13.3. The first-order valence-corrected chi connectivity index (χ1v) is 7.52. The maximum atomic E-state index is 6.33. The molecule has 0 radical (unpaired) electrons. The fourth-order valence-corrected chi connectivity index (χ4v) is 4.01. The van der Waals surface area contributed by atoms with Crippen LogP contribution < -0.4 is 5.32 Å². The van der Waals surface area contributed by atoms with Crippen LogP contribution in [-0.4, -0.2) is 18.8 Å². The molecule has 1 saturated heterocycles. The molecule has 1 aliphatic heterocycles. The van der Waals surface area contributed by atoms with E-state index < -0.39 is 0 Å². The molecule has 1 N–H and O–H groups in total. The monoisotopic (exact) mass is 279 g/mol. The van der Waals surface area contributed by atoms with E-state index in [-0.39, 0.29) is 5.41 Å². The highest BCUT2D eigenvalue weighted by atomic mass is 35.5. The Balaban J connectivity index is 1.79. The Morgan fingerprint density at radius 1 is 1.37 bits per heavy atom. The molecule has 1 aliphatic carbocycles. The number of benzene rings is 1. The summed E-state index contributed by atoms with van der Waals surface area (Å²) in [5.74, 6) is 0.626. The van der Waals surface area contributed by atoms with Crippen molar-refractivity contribution >= 4 is 17.3 Å². The van der Waals surface area contributed by atoms with Gasteiger partial charge in [0.2, 0.25) is 0 Å². The third-order valence-electron chi connectivity index (χ3n) is 4.77. The van der Waals surface area contributed by atoms with Crippen molar-refractivity contribution in [2.75, 3.05) is 11.9 Å². The van der Waals surface area contributed by atoms with Crippen LogP contribution in [0.5, 0.6) is 0 Å². The molecule has 0 spiro atoms. The third-order valence-corrected chi connectivity index (χ3v) is 5.08. The Morgan fingerprint density at radius 2 is 2.16 bits per heavy atom. The fourth-order valence-electron chi connectivity index (χ4n) is 3.72. The number of hydrogen-bond acceptors (Lipinski definition) is 2. The molecule has 1 aromatic rings. The van der Waals surface area contributed by atoms with Crippen molar-refractivity contribution in [3.63, 3.8) is 0 Å². The molecule has 1 heterocycles.